The molecule has 4 heteroatoms. The molecule has 4 rings (SSSR count). The van der Waals surface area contributed by atoms with Crippen molar-refractivity contribution in [3.63, 3.8) is 0 Å². The molecule has 0 saturated heterocycles. The van der Waals surface area contributed by atoms with Gasteiger partial charge in [0.15, 0.2) is 0 Å². The van der Waals surface area contributed by atoms with E-state index in [1.165, 1.54) is 38.5 Å². The Morgan fingerprint density at radius 2 is 1.82 bits per heavy atom. The van der Waals surface area contributed by atoms with Gasteiger partial charge in [-0.1, -0.05) is 6.92 Å². The number of hydrogen-bond donors (Lipinski definition) is 2. The van der Waals surface area contributed by atoms with E-state index in [9.17, 15) is 10.1 Å². The van der Waals surface area contributed by atoms with Crippen molar-refractivity contribution in [2.75, 3.05) is 0 Å². The highest BCUT2D eigenvalue weighted by Crippen LogP contribution is 2.55. The molecule has 4 bridgehead atoms. The number of rotatable bonds is 5. The van der Waals surface area contributed by atoms with Crippen molar-refractivity contribution in [1.29, 1.82) is 5.26 Å². The van der Waals surface area contributed by atoms with Gasteiger partial charge >= 0.3 is 0 Å². The molecule has 4 aliphatic rings. The summed E-state index contributed by atoms with van der Waals surface area (Å²) in [6, 6.07) is 2.15. The fourth-order valence-corrected chi connectivity index (χ4v) is 5.06. The van der Waals surface area contributed by atoms with Gasteiger partial charge in [0.1, 0.15) is 11.6 Å². The molecule has 4 nitrogen and oxygen atoms in total. The highest BCUT2D eigenvalue weighted by atomic mass is 16.1. The van der Waals surface area contributed by atoms with Crippen molar-refractivity contribution in [1.82, 2.24) is 10.6 Å². The summed E-state index contributed by atoms with van der Waals surface area (Å²) in [4.78, 5) is 12.1. The second-order valence-corrected chi connectivity index (χ2v) is 7.79. The van der Waals surface area contributed by atoms with Crippen molar-refractivity contribution >= 4 is 5.91 Å². The molecule has 1 atom stereocenters. The number of carbonyl (C=O) groups excluding carboxylic acids is 1. The molecule has 0 aliphatic heterocycles. The molecule has 4 fully saturated rings. The molecule has 4 aliphatic carbocycles. The minimum absolute atomic E-state index is 0.101. The van der Waals surface area contributed by atoms with Gasteiger partial charge in [0.2, 0.25) is 0 Å². The van der Waals surface area contributed by atoms with Gasteiger partial charge in [-0.25, -0.2) is 0 Å². The lowest BCUT2D eigenvalue weighted by Gasteiger charge is -2.56. The Labute approximate surface area is 133 Å². The molecular formula is C18H27N3O. The van der Waals surface area contributed by atoms with Crippen LogP contribution < -0.4 is 10.6 Å². The van der Waals surface area contributed by atoms with Crippen molar-refractivity contribution < 1.29 is 4.79 Å². The SMILES string of the molecule is CCC(C)NC(=O)/C(C#N)=C\NC12CC3CC(CC(C3)C1)C2. The molecular weight excluding hydrogens is 274 g/mol. The van der Waals surface area contributed by atoms with Crippen molar-refractivity contribution in [2.24, 2.45) is 17.8 Å². The molecule has 0 spiro atoms. The summed E-state index contributed by atoms with van der Waals surface area (Å²) in [5.74, 6) is 2.30. The fourth-order valence-electron chi connectivity index (χ4n) is 5.06. The second kappa shape index (κ2) is 5.95. The van der Waals surface area contributed by atoms with E-state index in [0.29, 0.717) is 0 Å². The molecule has 0 aromatic heterocycles. The van der Waals surface area contributed by atoms with Crippen molar-refractivity contribution in [2.45, 2.75) is 70.4 Å². The summed E-state index contributed by atoms with van der Waals surface area (Å²) < 4.78 is 0. The van der Waals surface area contributed by atoms with Gasteiger partial charge in [-0.05, 0) is 69.6 Å². The fraction of sp³-hybridized carbons (Fsp3) is 0.778. The quantitative estimate of drug-likeness (QED) is 0.606. The minimum Gasteiger partial charge on any atom is -0.384 e. The summed E-state index contributed by atoms with van der Waals surface area (Å²) in [7, 11) is 0. The van der Waals surface area contributed by atoms with E-state index in [1.54, 1.807) is 6.20 Å². The molecule has 0 heterocycles. The van der Waals surface area contributed by atoms with Crippen LogP contribution in [0.15, 0.2) is 11.8 Å². The second-order valence-electron chi connectivity index (χ2n) is 7.79. The third-order valence-electron chi connectivity index (χ3n) is 5.92. The third kappa shape index (κ3) is 2.99. The highest BCUT2D eigenvalue weighted by molar-refractivity contribution is 5.97. The van der Waals surface area contributed by atoms with Gasteiger partial charge in [-0.15, -0.1) is 0 Å². The van der Waals surface area contributed by atoms with E-state index in [4.69, 9.17) is 0 Å². The van der Waals surface area contributed by atoms with Crippen LogP contribution in [0.4, 0.5) is 0 Å². The summed E-state index contributed by atoms with van der Waals surface area (Å²) in [5.41, 5.74) is 0.351. The Kier molecular flexibility index (Phi) is 4.16. The van der Waals surface area contributed by atoms with E-state index in [1.807, 2.05) is 13.8 Å². The monoisotopic (exact) mass is 301 g/mol. The zero-order chi connectivity index (χ0) is 15.7. The van der Waals surface area contributed by atoms with Crippen LogP contribution in [0.1, 0.15) is 58.8 Å². The smallest absolute Gasteiger partial charge is 0.263 e. The molecule has 0 aromatic carbocycles. The van der Waals surface area contributed by atoms with Gasteiger partial charge in [-0.3, -0.25) is 4.79 Å². The lowest BCUT2D eigenvalue weighted by molar-refractivity contribution is -0.117. The van der Waals surface area contributed by atoms with E-state index in [0.717, 1.165) is 24.2 Å². The van der Waals surface area contributed by atoms with Crippen LogP contribution in [0.5, 0.6) is 0 Å². The number of nitrogens with one attached hydrogen (secondary N) is 2. The highest BCUT2D eigenvalue weighted by Gasteiger charge is 2.50. The summed E-state index contributed by atoms with van der Waals surface area (Å²) in [5, 5.41) is 15.7. The number of carbonyl (C=O) groups is 1. The van der Waals surface area contributed by atoms with Crippen molar-refractivity contribution in [3.8, 4) is 6.07 Å². The maximum Gasteiger partial charge on any atom is 0.263 e. The molecule has 1 unspecified atom stereocenters. The number of amides is 1. The first-order valence-electron chi connectivity index (χ1n) is 8.72. The van der Waals surface area contributed by atoms with Crippen LogP contribution >= 0.6 is 0 Å². The van der Waals surface area contributed by atoms with E-state index < -0.39 is 0 Å². The standard InChI is InChI=1S/C18H27N3O/c1-3-12(2)21-17(22)16(10-19)11-20-18-7-13-4-14(8-18)6-15(5-13)9-18/h11-15,20H,3-9H2,1-2H3,(H,21,22)/b16-11-. The van der Waals surface area contributed by atoms with Crippen LogP contribution in [0.25, 0.3) is 0 Å². The number of nitrogens with zero attached hydrogens (tertiary/aromatic N) is 1. The molecule has 22 heavy (non-hydrogen) atoms. The lowest BCUT2D eigenvalue weighted by Crippen LogP contribution is -2.57. The Balaban J connectivity index is 1.67. The number of nitriles is 1. The molecule has 120 valence electrons. The normalized spacial score (nSPS) is 37.5. The van der Waals surface area contributed by atoms with Gasteiger partial charge in [0.25, 0.3) is 5.91 Å². The maximum absolute atomic E-state index is 12.1. The lowest BCUT2D eigenvalue weighted by atomic mass is 9.53. The maximum atomic E-state index is 12.1. The zero-order valence-electron chi connectivity index (χ0n) is 13.7. The molecule has 0 aromatic rings. The minimum atomic E-state index is -0.255. The molecule has 4 saturated carbocycles. The van der Waals surface area contributed by atoms with Crippen molar-refractivity contribution in [3.05, 3.63) is 11.8 Å². The van der Waals surface area contributed by atoms with Crippen LogP contribution in [-0.2, 0) is 4.79 Å². The third-order valence-corrected chi connectivity index (χ3v) is 5.92. The summed E-state index contributed by atoms with van der Waals surface area (Å²) in [6.07, 6.45) is 10.4. The van der Waals surface area contributed by atoms with Gasteiger partial charge in [0, 0.05) is 17.8 Å². The number of hydrogen-bond acceptors (Lipinski definition) is 3. The average molecular weight is 301 g/mol. The largest absolute Gasteiger partial charge is 0.384 e. The van der Waals surface area contributed by atoms with Gasteiger partial charge < -0.3 is 10.6 Å². The Bertz CT molecular complexity index is 482. The molecule has 0 radical (unpaired) electrons. The molecule has 1 amide bonds. The zero-order valence-corrected chi connectivity index (χ0v) is 13.7. The Morgan fingerprint density at radius 3 is 2.27 bits per heavy atom. The summed E-state index contributed by atoms with van der Waals surface area (Å²) in [6.45, 7) is 3.98. The Morgan fingerprint density at radius 1 is 1.27 bits per heavy atom. The first kappa shape index (κ1) is 15.4. The topological polar surface area (TPSA) is 64.9 Å². The van der Waals surface area contributed by atoms with Crippen LogP contribution in [0.3, 0.4) is 0 Å². The predicted octanol–water partition coefficient (Wildman–Crippen LogP) is 2.87. The van der Waals surface area contributed by atoms with Crippen LogP contribution in [0.2, 0.25) is 0 Å². The van der Waals surface area contributed by atoms with Crippen LogP contribution in [0, 0.1) is 29.1 Å². The molecule has 2 N–H and O–H groups in total. The predicted molar refractivity (Wildman–Crippen MR) is 85.6 cm³/mol. The van der Waals surface area contributed by atoms with Crippen LogP contribution in [-0.4, -0.2) is 17.5 Å². The van der Waals surface area contributed by atoms with Gasteiger partial charge in [-0.2, -0.15) is 5.26 Å². The first-order chi connectivity index (χ1) is 10.5. The van der Waals surface area contributed by atoms with E-state index >= 15 is 0 Å². The summed E-state index contributed by atoms with van der Waals surface area (Å²) >= 11 is 0. The average Bonchev–Trinajstić information content (AvgIpc) is 2.46. The van der Waals surface area contributed by atoms with Gasteiger partial charge in [0.05, 0.1) is 0 Å². The Hall–Kier alpha value is -1.50. The van der Waals surface area contributed by atoms with E-state index in [2.05, 4.69) is 16.7 Å². The first-order valence-corrected chi connectivity index (χ1v) is 8.72. The van der Waals surface area contributed by atoms with E-state index in [-0.39, 0.29) is 23.1 Å².